The summed E-state index contributed by atoms with van der Waals surface area (Å²) in [7, 11) is 0. The van der Waals surface area contributed by atoms with Crippen molar-refractivity contribution in [3.63, 3.8) is 0 Å². The molecule has 0 atom stereocenters. The molecule has 4 aromatic heterocycles. The van der Waals surface area contributed by atoms with Crippen molar-refractivity contribution in [2.45, 2.75) is 0 Å². The zero-order valence-corrected chi connectivity index (χ0v) is 33.9. The molecule has 0 aliphatic heterocycles. The van der Waals surface area contributed by atoms with E-state index in [0.29, 0.717) is 17.6 Å². The third kappa shape index (κ3) is 5.55. The highest BCUT2D eigenvalue weighted by molar-refractivity contribution is 6.24. The molecule has 0 fully saturated rings. The van der Waals surface area contributed by atoms with Crippen LogP contribution in [0.3, 0.4) is 0 Å². The Balaban J connectivity index is 1.15. The summed E-state index contributed by atoms with van der Waals surface area (Å²) in [4.78, 5) is 15.7. The van der Waals surface area contributed by atoms with Crippen LogP contribution in [0.25, 0.3) is 122 Å². The van der Waals surface area contributed by atoms with E-state index in [2.05, 4.69) is 179 Å². The van der Waals surface area contributed by atoms with E-state index in [0.717, 1.165) is 99.1 Å². The van der Waals surface area contributed by atoms with E-state index in [9.17, 15) is 0 Å². The second-order valence-electron chi connectivity index (χ2n) is 16.0. The van der Waals surface area contributed by atoms with Crippen molar-refractivity contribution in [2.75, 3.05) is 0 Å². The van der Waals surface area contributed by atoms with Crippen LogP contribution in [0.1, 0.15) is 0 Å². The van der Waals surface area contributed by atoms with Gasteiger partial charge in [-0.05, 0) is 47.0 Å². The van der Waals surface area contributed by atoms with Gasteiger partial charge < -0.3 is 8.98 Å². The highest BCUT2D eigenvalue weighted by Crippen LogP contribution is 2.44. The maximum atomic E-state index is 6.75. The second kappa shape index (κ2) is 14.0. The first-order valence-corrected chi connectivity index (χ1v) is 21.2. The predicted molar refractivity (Wildman–Crippen MR) is 258 cm³/mol. The molecule has 9 aromatic carbocycles. The highest BCUT2D eigenvalue weighted by Gasteiger charge is 2.25. The van der Waals surface area contributed by atoms with Gasteiger partial charge in [-0.25, -0.2) is 4.98 Å². The Morgan fingerprint density at radius 3 is 1.43 bits per heavy atom. The zero-order chi connectivity index (χ0) is 41.4. The predicted octanol–water partition coefficient (Wildman–Crippen LogP) is 14.6. The van der Waals surface area contributed by atoms with Gasteiger partial charge >= 0.3 is 0 Å². The summed E-state index contributed by atoms with van der Waals surface area (Å²) in [6.07, 6.45) is 0. The number of hydrogen-bond donors (Lipinski definition) is 0. The lowest BCUT2D eigenvalue weighted by atomic mass is 9.98. The number of hydrogen-bond acceptors (Lipinski definition) is 4. The van der Waals surface area contributed by atoms with Crippen LogP contribution < -0.4 is 0 Å². The highest BCUT2D eigenvalue weighted by atomic mass is 16.3. The summed E-state index contributed by atoms with van der Waals surface area (Å²) in [5.74, 6) is 1.77. The quantitative estimate of drug-likeness (QED) is 0.168. The molecule has 6 heteroatoms. The molecule has 0 N–H and O–H groups in total. The fraction of sp³-hybridized carbons (Fsp3) is 0. The third-order valence-electron chi connectivity index (χ3n) is 12.4. The summed E-state index contributed by atoms with van der Waals surface area (Å²) in [5, 5.41) is 6.64. The Kier molecular flexibility index (Phi) is 7.80. The van der Waals surface area contributed by atoms with Crippen LogP contribution in [0, 0.1) is 0 Å². The van der Waals surface area contributed by atoms with Crippen molar-refractivity contribution in [2.24, 2.45) is 0 Å². The third-order valence-corrected chi connectivity index (χ3v) is 12.4. The zero-order valence-electron chi connectivity index (χ0n) is 33.9. The Morgan fingerprint density at radius 2 is 0.810 bits per heavy atom. The Morgan fingerprint density at radius 1 is 0.333 bits per heavy atom. The van der Waals surface area contributed by atoms with Crippen LogP contribution in [0.15, 0.2) is 217 Å². The normalized spacial score (nSPS) is 11.8. The average Bonchev–Trinajstić information content (AvgIpc) is 4.02. The number of benzene rings is 9. The van der Waals surface area contributed by atoms with Gasteiger partial charge in [0.1, 0.15) is 11.2 Å². The number of furan rings is 1. The molecular formula is C57H35N5O. The fourth-order valence-corrected chi connectivity index (χ4v) is 9.50. The van der Waals surface area contributed by atoms with Crippen molar-refractivity contribution >= 4 is 65.6 Å². The van der Waals surface area contributed by atoms with Gasteiger partial charge in [-0.3, -0.25) is 4.57 Å². The van der Waals surface area contributed by atoms with Crippen LogP contribution >= 0.6 is 0 Å². The van der Waals surface area contributed by atoms with Gasteiger partial charge in [-0.2, -0.15) is 9.97 Å². The van der Waals surface area contributed by atoms with E-state index >= 15 is 0 Å². The molecule has 0 radical (unpaired) electrons. The lowest BCUT2D eigenvalue weighted by Crippen LogP contribution is -2.07. The maximum Gasteiger partial charge on any atom is 0.238 e. The first kappa shape index (κ1) is 35.2. The SMILES string of the molecule is c1ccc(-c2ccc(-c3cc(-n4c5ccccc5c5ccc6c7ccccc7n(-c7nc(-c8ccccc8)nc(-c8ccccc8)n7)c6c54)cc4c3oc3ccccc34)cc2)cc1. The maximum absolute atomic E-state index is 6.75. The van der Waals surface area contributed by atoms with Crippen LogP contribution in [0.4, 0.5) is 0 Å². The van der Waals surface area contributed by atoms with Crippen molar-refractivity contribution in [3.05, 3.63) is 212 Å². The van der Waals surface area contributed by atoms with Gasteiger partial charge in [0.2, 0.25) is 5.95 Å². The van der Waals surface area contributed by atoms with Crippen LogP contribution in [0.5, 0.6) is 0 Å². The van der Waals surface area contributed by atoms with Gasteiger partial charge in [0.15, 0.2) is 11.6 Å². The second-order valence-corrected chi connectivity index (χ2v) is 16.0. The molecule has 0 amide bonds. The molecule has 0 aliphatic carbocycles. The van der Waals surface area contributed by atoms with Gasteiger partial charge in [-0.1, -0.05) is 182 Å². The van der Waals surface area contributed by atoms with Gasteiger partial charge in [-0.15, -0.1) is 0 Å². The molecule has 4 heterocycles. The van der Waals surface area contributed by atoms with E-state index in [1.807, 2.05) is 42.5 Å². The molecule has 0 bridgehead atoms. The van der Waals surface area contributed by atoms with Crippen molar-refractivity contribution in [1.82, 2.24) is 24.1 Å². The average molecular weight is 806 g/mol. The number of aromatic nitrogens is 5. The number of rotatable bonds is 6. The smallest absolute Gasteiger partial charge is 0.238 e. The molecular weight excluding hydrogens is 771 g/mol. The minimum Gasteiger partial charge on any atom is -0.455 e. The van der Waals surface area contributed by atoms with Gasteiger partial charge in [0, 0.05) is 54.7 Å². The Hall–Kier alpha value is -8.61. The van der Waals surface area contributed by atoms with Crippen molar-refractivity contribution in [3.8, 4) is 56.7 Å². The van der Waals surface area contributed by atoms with Crippen molar-refractivity contribution < 1.29 is 4.42 Å². The molecule has 294 valence electrons. The molecule has 0 spiro atoms. The fourth-order valence-electron chi connectivity index (χ4n) is 9.50. The molecule has 13 rings (SSSR count). The largest absolute Gasteiger partial charge is 0.455 e. The van der Waals surface area contributed by atoms with Gasteiger partial charge in [0.05, 0.1) is 22.1 Å². The van der Waals surface area contributed by atoms with Crippen LogP contribution in [0.2, 0.25) is 0 Å². The first-order chi connectivity index (χ1) is 31.2. The number of fused-ring (bicyclic) bond motifs is 10. The van der Waals surface area contributed by atoms with E-state index in [4.69, 9.17) is 19.4 Å². The van der Waals surface area contributed by atoms with Gasteiger partial charge in [0.25, 0.3) is 0 Å². The minimum atomic E-state index is 0.550. The molecule has 0 saturated carbocycles. The van der Waals surface area contributed by atoms with E-state index in [1.165, 1.54) is 5.56 Å². The summed E-state index contributed by atoms with van der Waals surface area (Å²) >= 11 is 0. The van der Waals surface area contributed by atoms with Crippen LogP contribution in [-0.4, -0.2) is 24.1 Å². The molecule has 13 aromatic rings. The minimum absolute atomic E-state index is 0.550. The van der Waals surface area contributed by atoms with E-state index < -0.39 is 0 Å². The van der Waals surface area contributed by atoms with E-state index in [1.54, 1.807) is 0 Å². The summed E-state index contributed by atoms with van der Waals surface area (Å²) < 4.78 is 11.4. The van der Waals surface area contributed by atoms with E-state index in [-0.39, 0.29) is 0 Å². The summed E-state index contributed by atoms with van der Waals surface area (Å²) in [5.41, 5.74) is 13.2. The molecule has 0 unspecified atom stereocenters. The summed E-state index contributed by atoms with van der Waals surface area (Å²) in [6, 6.07) is 74.4. The Bertz CT molecular complexity index is 3830. The first-order valence-electron chi connectivity index (χ1n) is 21.2. The number of para-hydroxylation sites is 3. The van der Waals surface area contributed by atoms with Crippen LogP contribution in [-0.2, 0) is 0 Å². The Labute approximate surface area is 361 Å². The lowest BCUT2D eigenvalue weighted by Gasteiger charge is -2.14. The molecule has 0 saturated heterocycles. The molecule has 63 heavy (non-hydrogen) atoms. The molecule has 6 nitrogen and oxygen atoms in total. The summed E-state index contributed by atoms with van der Waals surface area (Å²) in [6.45, 7) is 0. The topological polar surface area (TPSA) is 61.7 Å². The molecule has 0 aliphatic rings. The lowest BCUT2D eigenvalue weighted by molar-refractivity contribution is 0.670. The monoisotopic (exact) mass is 805 g/mol. The van der Waals surface area contributed by atoms with Crippen molar-refractivity contribution in [1.29, 1.82) is 0 Å². The number of nitrogens with zero attached hydrogens (tertiary/aromatic N) is 5. The standard InChI is InChI=1S/C57H35N5O/c1-4-16-36(17-5-1)37-28-30-38(31-29-37)47-34-41(35-48-44-24-12-15-27-51(44)63-54(47)48)61-49-25-13-10-22-42(49)45-32-33-46-43-23-11-14-26-50(43)62(53(46)52(45)61)57-59-55(39-18-6-2-7-19-39)58-56(60-57)40-20-8-3-9-21-40/h1-35H.